The van der Waals surface area contributed by atoms with E-state index in [2.05, 4.69) is 64.1 Å². The number of benzene rings is 1. The van der Waals surface area contributed by atoms with E-state index in [1.807, 2.05) is 54.5 Å². The van der Waals surface area contributed by atoms with Gasteiger partial charge in [0.2, 0.25) is 35.4 Å². The summed E-state index contributed by atoms with van der Waals surface area (Å²) in [7, 11) is 1.61. The number of methoxy groups -OCH3 is 1. The Labute approximate surface area is 439 Å². The molecule has 1 aromatic rings. The molecule has 8 N–H and O–H groups in total. The highest BCUT2D eigenvalue weighted by atomic mass is 16.6. The Hall–Kier alpha value is -5.11. The summed E-state index contributed by atoms with van der Waals surface area (Å²) in [5.41, 5.74) is -0.955. The van der Waals surface area contributed by atoms with Crippen LogP contribution >= 0.6 is 0 Å². The van der Waals surface area contributed by atoms with Crippen molar-refractivity contribution in [2.75, 3.05) is 46.4 Å². The number of aliphatic hydroxyl groups excluding tert-OH is 1. The highest BCUT2D eigenvalue weighted by Crippen LogP contribution is 2.59. The number of hydrogen-bond donors (Lipinski definition) is 8. The van der Waals surface area contributed by atoms with Crippen molar-refractivity contribution >= 4 is 41.5 Å². The summed E-state index contributed by atoms with van der Waals surface area (Å²) in [4.78, 5) is 94.8. The first kappa shape index (κ1) is 61.4. The maximum Gasteiger partial charge on any atom is 0.407 e. The average molecular weight is 1040 g/mol. The fraction of sp³-hybridized carbons (Fsp3) is 0.727. The van der Waals surface area contributed by atoms with E-state index in [1.165, 1.54) is 5.57 Å². The van der Waals surface area contributed by atoms with Crippen LogP contribution in [0.15, 0.2) is 42.0 Å². The lowest BCUT2D eigenvalue weighted by Crippen LogP contribution is -2.57. The molecule has 7 unspecified atom stereocenters. The molecule has 1 saturated carbocycles. The molecule has 2 heterocycles. The smallest absolute Gasteiger partial charge is 0.407 e. The maximum atomic E-state index is 14.1. The number of nitrogens with one attached hydrogen (secondary N) is 7. The Kier molecular flexibility index (Phi) is 22.5. The second-order valence-electron chi connectivity index (χ2n) is 23.0. The number of hydrogen-bond acceptors (Lipinski definition) is 12. The van der Waals surface area contributed by atoms with Gasteiger partial charge in [0.05, 0.1) is 37.8 Å². The fourth-order valence-electron chi connectivity index (χ4n) is 10.6. The summed E-state index contributed by atoms with van der Waals surface area (Å²) in [6, 6.07) is 6.80. The van der Waals surface area contributed by atoms with Crippen LogP contribution in [-0.2, 0) is 54.1 Å². The molecule has 11 atom stereocenters. The largest absolute Gasteiger partial charge is 0.443 e. The Balaban J connectivity index is 1.30. The van der Waals surface area contributed by atoms with Crippen LogP contribution in [0.2, 0.25) is 0 Å². The molecule has 416 valence electrons. The minimum Gasteiger partial charge on any atom is -0.443 e. The lowest BCUT2D eigenvalue weighted by Gasteiger charge is -2.42. The van der Waals surface area contributed by atoms with E-state index in [9.17, 15) is 38.7 Å². The topological polar surface area (TPSA) is 267 Å². The quantitative estimate of drug-likeness (QED) is 0.0322. The number of amides is 7. The minimum atomic E-state index is -1.15. The number of carbonyl (C=O) groups excluding carboxylic acids is 7. The van der Waals surface area contributed by atoms with Gasteiger partial charge in [0, 0.05) is 44.0 Å². The third-order valence-electron chi connectivity index (χ3n) is 14.8. The van der Waals surface area contributed by atoms with Crippen LogP contribution in [0.4, 0.5) is 4.79 Å². The number of allylic oxidation sites excluding steroid dienone is 1. The summed E-state index contributed by atoms with van der Waals surface area (Å²) in [5, 5.41) is 28.9. The zero-order valence-electron chi connectivity index (χ0n) is 46.4. The van der Waals surface area contributed by atoms with E-state index in [1.54, 1.807) is 45.2 Å². The summed E-state index contributed by atoms with van der Waals surface area (Å²) >= 11 is 0. The third-order valence-corrected chi connectivity index (χ3v) is 14.8. The first-order valence-corrected chi connectivity index (χ1v) is 26.5. The molecular formula is C55H89N7O12. The molecule has 74 heavy (non-hydrogen) atoms. The predicted molar refractivity (Wildman–Crippen MR) is 280 cm³/mol. The monoisotopic (exact) mass is 1040 g/mol. The van der Waals surface area contributed by atoms with Crippen LogP contribution in [-0.4, -0.2) is 141 Å². The molecule has 1 aromatic carbocycles. The van der Waals surface area contributed by atoms with Crippen molar-refractivity contribution in [2.45, 2.75) is 176 Å². The number of aliphatic hydroxyl groups is 1. The van der Waals surface area contributed by atoms with E-state index in [0.29, 0.717) is 25.9 Å². The van der Waals surface area contributed by atoms with Crippen molar-refractivity contribution in [1.82, 2.24) is 37.2 Å². The van der Waals surface area contributed by atoms with Gasteiger partial charge in [0.15, 0.2) is 0 Å². The van der Waals surface area contributed by atoms with E-state index in [4.69, 9.17) is 18.9 Å². The van der Waals surface area contributed by atoms with Gasteiger partial charge in [0.1, 0.15) is 35.5 Å². The molecular weight excluding hydrogens is 951 g/mol. The summed E-state index contributed by atoms with van der Waals surface area (Å²) in [6.07, 6.45) is 2.76. The highest BCUT2D eigenvalue weighted by Gasteiger charge is 2.72. The molecule has 4 rings (SSSR count). The van der Waals surface area contributed by atoms with Gasteiger partial charge in [-0.15, -0.1) is 0 Å². The summed E-state index contributed by atoms with van der Waals surface area (Å²) in [6.45, 7) is 22.8. The SMILES string of the molecule is COC1C(OC(=O)NCCNC(=O)CNC(=O)[C@H](CC(C)C)NC(=O)[C@H](Cc2ccccc2)NC(=O)CNC(=O)C(C)(CC(C)(CC(C)C)C(=O)NCC(C)O)C(C)C)CC[C@]2(CO2)C1C1(C)O[C@@H]1CC=C(C)C. The standard InChI is InChI=1S/C55H89N7O12/c1-33(2)19-20-42-54(12,74-42)46-45(71-13)41(21-22-55(46)32-72-55)73-51(70)57-24-23-56-43(64)29-58-47(66)39(25-34(3)4)62-48(67)40(26-38-17-15-14-16-18-38)61-44(65)30-60-50(69)53(11,36(7)8)31-52(10,27-35(5)6)49(68)59-28-37(9)63/h14-19,34-37,39-42,45-46,63H,20-32H2,1-13H3,(H,56,64)(H,57,70)(H,58,66)(H,59,68)(H,60,69)(H,61,65)(H,62,67)/t37?,39-,40-,41?,42+,45?,46?,52?,53?,54?,55-/m0/s1. The average Bonchev–Trinajstić information content (AvgIpc) is 4.25. The van der Waals surface area contributed by atoms with Crippen molar-refractivity contribution in [1.29, 1.82) is 0 Å². The van der Waals surface area contributed by atoms with E-state index < -0.39 is 95.5 Å². The van der Waals surface area contributed by atoms with Crippen LogP contribution in [0.5, 0.6) is 0 Å². The zero-order valence-corrected chi connectivity index (χ0v) is 46.4. The fourth-order valence-corrected chi connectivity index (χ4v) is 10.6. The molecule has 2 saturated heterocycles. The maximum absolute atomic E-state index is 14.1. The molecule has 3 aliphatic rings. The Morgan fingerprint density at radius 3 is 2.05 bits per heavy atom. The van der Waals surface area contributed by atoms with E-state index >= 15 is 0 Å². The molecule has 19 nitrogen and oxygen atoms in total. The van der Waals surface area contributed by atoms with Crippen LogP contribution in [0.25, 0.3) is 0 Å². The van der Waals surface area contributed by atoms with Gasteiger partial charge in [-0.25, -0.2) is 4.79 Å². The lowest BCUT2D eigenvalue weighted by molar-refractivity contribution is -0.142. The number of epoxide rings is 2. The molecule has 1 spiro atoms. The van der Waals surface area contributed by atoms with Crippen molar-refractivity contribution in [3.63, 3.8) is 0 Å². The van der Waals surface area contributed by atoms with E-state index in [0.717, 1.165) is 12.0 Å². The van der Waals surface area contributed by atoms with Gasteiger partial charge in [-0.3, -0.25) is 28.8 Å². The van der Waals surface area contributed by atoms with Gasteiger partial charge in [0.25, 0.3) is 0 Å². The van der Waals surface area contributed by atoms with Crippen LogP contribution < -0.4 is 37.2 Å². The Morgan fingerprint density at radius 1 is 0.824 bits per heavy atom. The number of rotatable bonds is 29. The molecule has 0 radical (unpaired) electrons. The first-order chi connectivity index (χ1) is 34.7. The first-order valence-electron chi connectivity index (χ1n) is 26.5. The Bertz CT molecular complexity index is 2110. The molecule has 0 aromatic heterocycles. The number of alkyl carbamates (subject to hydrolysis) is 1. The summed E-state index contributed by atoms with van der Waals surface area (Å²) < 4.78 is 24.1. The summed E-state index contributed by atoms with van der Waals surface area (Å²) in [5.74, 6) is -3.43. The van der Waals surface area contributed by atoms with Crippen molar-refractivity contribution in [3.8, 4) is 0 Å². The Morgan fingerprint density at radius 2 is 1.47 bits per heavy atom. The second-order valence-corrected chi connectivity index (χ2v) is 23.0. The number of carbonyl (C=O) groups is 7. The number of ether oxygens (including phenoxy) is 4. The molecule has 2 aliphatic heterocycles. The van der Waals surface area contributed by atoms with Gasteiger partial charge < -0.3 is 61.3 Å². The zero-order chi connectivity index (χ0) is 55.2. The molecule has 0 bridgehead atoms. The van der Waals surface area contributed by atoms with Gasteiger partial charge in [-0.05, 0) is 89.5 Å². The highest BCUT2D eigenvalue weighted by molar-refractivity contribution is 5.95. The second kappa shape index (κ2) is 27.1. The molecule has 3 fully saturated rings. The van der Waals surface area contributed by atoms with Crippen molar-refractivity contribution in [2.24, 2.45) is 34.5 Å². The molecule has 1 aliphatic carbocycles. The molecule has 7 amide bonds. The van der Waals surface area contributed by atoms with Gasteiger partial charge in [-0.2, -0.15) is 0 Å². The van der Waals surface area contributed by atoms with Gasteiger partial charge >= 0.3 is 6.09 Å². The van der Waals surface area contributed by atoms with E-state index in [-0.39, 0.29) is 80.2 Å². The third kappa shape index (κ3) is 17.5. The van der Waals surface area contributed by atoms with Crippen LogP contribution in [0.3, 0.4) is 0 Å². The predicted octanol–water partition coefficient (Wildman–Crippen LogP) is 4.00. The molecule has 19 heteroatoms. The normalized spacial score (nSPS) is 24.8. The van der Waals surface area contributed by atoms with Crippen molar-refractivity contribution < 1.29 is 57.6 Å². The minimum absolute atomic E-state index is 0.0109. The lowest BCUT2D eigenvalue weighted by atomic mass is 9.64. The van der Waals surface area contributed by atoms with Crippen molar-refractivity contribution in [3.05, 3.63) is 47.5 Å². The van der Waals surface area contributed by atoms with Crippen LogP contribution in [0, 0.1) is 34.5 Å². The van der Waals surface area contributed by atoms with Crippen LogP contribution in [0.1, 0.15) is 127 Å². The van der Waals surface area contributed by atoms with Gasteiger partial charge in [-0.1, -0.05) is 97.4 Å².